The van der Waals surface area contributed by atoms with E-state index in [1.807, 2.05) is 0 Å². The van der Waals surface area contributed by atoms with Crippen LogP contribution in [0.2, 0.25) is 15.1 Å². The number of nitro groups is 1. The first kappa shape index (κ1) is 27.5. The number of nitrogens with zero attached hydrogens (tertiary/aromatic N) is 2. The van der Waals surface area contributed by atoms with Crippen molar-refractivity contribution in [1.82, 2.24) is 4.90 Å². The highest BCUT2D eigenvalue weighted by Gasteiger charge is 2.36. The number of halogens is 3. The standard InChI is InChI=1S/C25H16Cl3N3O6S/c26-17-3-1-2-4-20(17)29-22(32)12-30-24(33)21(38-25(30)34)11-15-9-18(27)23(19(28)10-15)37-13-14-5-7-16(8-6-14)31(35)36/h1-11H,12-13H2,(H,29,32)/b21-11+. The molecule has 194 valence electrons. The van der Waals surface area contributed by atoms with Gasteiger partial charge < -0.3 is 10.1 Å². The lowest BCUT2D eigenvalue weighted by Crippen LogP contribution is -2.36. The molecule has 4 rings (SSSR count). The smallest absolute Gasteiger partial charge is 0.294 e. The Kier molecular flexibility index (Phi) is 8.58. The molecule has 0 aliphatic carbocycles. The van der Waals surface area contributed by atoms with Crippen molar-refractivity contribution in [2.24, 2.45) is 0 Å². The minimum atomic E-state index is -0.639. The third kappa shape index (κ3) is 6.46. The number of hydrogen-bond acceptors (Lipinski definition) is 7. The molecule has 0 saturated carbocycles. The monoisotopic (exact) mass is 591 g/mol. The van der Waals surface area contributed by atoms with E-state index in [9.17, 15) is 24.5 Å². The van der Waals surface area contributed by atoms with Crippen molar-refractivity contribution in [1.29, 1.82) is 0 Å². The number of non-ortho nitro benzene ring substituents is 1. The van der Waals surface area contributed by atoms with E-state index in [1.54, 1.807) is 36.4 Å². The number of rotatable bonds is 8. The molecule has 1 heterocycles. The van der Waals surface area contributed by atoms with Crippen LogP contribution in [0.4, 0.5) is 16.2 Å². The number of nitro benzene ring substituents is 1. The second-order valence-electron chi connectivity index (χ2n) is 7.82. The summed E-state index contributed by atoms with van der Waals surface area (Å²) in [6, 6.07) is 15.4. The Morgan fingerprint density at radius 1 is 1.03 bits per heavy atom. The lowest BCUT2D eigenvalue weighted by atomic mass is 10.2. The lowest BCUT2D eigenvalue weighted by molar-refractivity contribution is -0.384. The molecular formula is C25H16Cl3N3O6S. The fourth-order valence-electron chi connectivity index (χ4n) is 3.35. The molecule has 0 bridgehead atoms. The maximum atomic E-state index is 12.8. The molecule has 1 aliphatic rings. The number of amides is 3. The van der Waals surface area contributed by atoms with Crippen LogP contribution in [0, 0.1) is 10.1 Å². The van der Waals surface area contributed by atoms with Crippen LogP contribution in [-0.4, -0.2) is 33.4 Å². The molecule has 1 aliphatic heterocycles. The van der Waals surface area contributed by atoms with Crippen molar-refractivity contribution in [3.8, 4) is 5.75 Å². The summed E-state index contributed by atoms with van der Waals surface area (Å²) in [5.74, 6) is -1.03. The second kappa shape index (κ2) is 11.9. The van der Waals surface area contributed by atoms with Crippen LogP contribution in [0.5, 0.6) is 5.75 Å². The van der Waals surface area contributed by atoms with Crippen molar-refractivity contribution in [2.75, 3.05) is 11.9 Å². The third-order valence-electron chi connectivity index (χ3n) is 5.17. The van der Waals surface area contributed by atoms with Gasteiger partial charge in [-0.1, -0.05) is 46.9 Å². The van der Waals surface area contributed by atoms with Crippen LogP contribution in [0.1, 0.15) is 11.1 Å². The van der Waals surface area contributed by atoms with Crippen molar-refractivity contribution in [3.63, 3.8) is 0 Å². The highest BCUT2D eigenvalue weighted by Crippen LogP contribution is 2.38. The van der Waals surface area contributed by atoms with Gasteiger partial charge in [0.15, 0.2) is 5.75 Å². The van der Waals surface area contributed by atoms with Gasteiger partial charge in [0, 0.05) is 12.1 Å². The van der Waals surface area contributed by atoms with Gasteiger partial charge in [-0.3, -0.25) is 29.4 Å². The molecule has 13 heteroatoms. The molecule has 38 heavy (non-hydrogen) atoms. The summed E-state index contributed by atoms with van der Waals surface area (Å²) in [5.41, 5.74) is 1.43. The number of ether oxygens (including phenoxy) is 1. The number of anilines is 1. The average Bonchev–Trinajstić information content (AvgIpc) is 3.12. The number of hydrogen-bond donors (Lipinski definition) is 1. The molecule has 3 aromatic carbocycles. The van der Waals surface area contributed by atoms with E-state index in [2.05, 4.69) is 5.32 Å². The van der Waals surface area contributed by atoms with Gasteiger partial charge in [0.1, 0.15) is 13.2 Å². The first-order chi connectivity index (χ1) is 18.1. The normalized spacial score (nSPS) is 14.2. The van der Waals surface area contributed by atoms with Crippen LogP contribution >= 0.6 is 46.6 Å². The van der Waals surface area contributed by atoms with E-state index in [0.717, 1.165) is 4.90 Å². The molecule has 0 atom stereocenters. The summed E-state index contributed by atoms with van der Waals surface area (Å²) in [4.78, 5) is 48.8. The van der Waals surface area contributed by atoms with Crippen molar-refractivity contribution >= 4 is 81.1 Å². The van der Waals surface area contributed by atoms with Crippen molar-refractivity contribution < 1.29 is 24.0 Å². The Labute approximate surface area is 235 Å². The van der Waals surface area contributed by atoms with Crippen LogP contribution in [0.3, 0.4) is 0 Å². The molecule has 0 unspecified atom stereocenters. The Morgan fingerprint density at radius 2 is 1.68 bits per heavy atom. The quantitative estimate of drug-likeness (QED) is 0.173. The number of imide groups is 1. The largest absolute Gasteiger partial charge is 0.486 e. The van der Waals surface area contributed by atoms with Crippen LogP contribution < -0.4 is 10.1 Å². The summed E-state index contributed by atoms with van der Waals surface area (Å²) < 4.78 is 5.69. The van der Waals surface area contributed by atoms with E-state index in [0.29, 0.717) is 33.6 Å². The van der Waals surface area contributed by atoms with Gasteiger partial charge in [-0.2, -0.15) is 0 Å². The zero-order valence-corrected chi connectivity index (χ0v) is 22.2. The molecule has 9 nitrogen and oxygen atoms in total. The maximum absolute atomic E-state index is 12.8. The first-order valence-corrected chi connectivity index (χ1v) is 12.7. The van der Waals surface area contributed by atoms with E-state index in [-0.39, 0.29) is 33.0 Å². The molecule has 1 N–H and O–H groups in total. The second-order valence-corrected chi connectivity index (χ2v) is 10.0. The lowest BCUT2D eigenvalue weighted by Gasteiger charge is -2.13. The average molecular weight is 593 g/mol. The van der Waals surface area contributed by atoms with Gasteiger partial charge in [-0.05, 0) is 65.4 Å². The first-order valence-electron chi connectivity index (χ1n) is 10.8. The molecule has 3 aromatic rings. The Morgan fingerprint density at radius 3 is 2.32 bits per heavy atom. The van der Waals surface area contributed by atoms with Crippen LogP contribution in [-0.2, 0) is 16.2 Å². The summed E-state index contributed by atoms with van der Waals surface area (Å²) in [6.07, 6.45) is 1.44. The number of para-hydroxylation sites is 1. The number of carbonyl (C=O) groups is 3. The summed E-state index contributed by atoms with van der Waals surface area (Å²) >= 11 is 19.4. The van der Waals surface area contributed by atoms with Gasteiger partial charge in [-0.25, -0.2) is 0 Å². The van der Waals surface area contributed by atoms with E-state index >= 15 is 0 Å². The molecule has 0 spiro atoms. The minimum Gasteiger partial charge on any atom is -0.486 e. The Hall–Kier alpha value is -3.57. The number of benzene rings is 3. The van der Waals surface area contributed by atoms with Crippen LogP contribution in [0.15, 0.2) is 65.6 Å². The summed E-state index contributed by atoms with van der Waals surface area (Å²) in [7, 11) is 0. The topological polar surface area (TPSA) is 119 Å². The maximum Gasteiger partial charge on any atom is 0.294 e. The Balaban J connectivity index is 1.43. The third-order valence-corrected chi connectivity index (χ3v) is 6.97. The molecular weight excluding hydrogens is 577 g/mol. The molecule has 0 radical (unpaired) electrons. The molecule has 1 fully saturated rings. The minimum absolute atomic E-state index is 0.0418. The summed E-state index contributed by atoms with van der Waals surface area (Å²) in [6.45, 7) is -0.421. The van der Waals surface area contributed by atoms with Crippen LogP contribution in [0.25, 0.3) is 6.08 Å². The predicted molar refractivity (Wildman–Crippen MR) is 147 cm³/mol. The molecule has 3 amide bonds. The van der Waals surface area contributed by atoms with Gasteiger partial charge in [0.05, 0.1) is 30.6 Å². The van der Waals surface area contributed by atoms with Gasteiger partial charge >= 0.3 is 0 Å². The predicted octanol–water partition coefficient (Wildman–Crippen LogP) is 6.81. The number of nitrogens with one attached hydrogen (secondary N) is 1. The fourth-order valence-corrected chi connectivity index (χ4v) is 4.99. The number of carbonyl (C=O) groups excluding carboxylic acids is 3. The van der Waals surface area contributed by atoms with Gasteiger partial charge in [0.2, 0.25) is 5.91 Å². The van der Waals surface area contributed by atoms with Crippen molar-refractivity contribution in [3.05, 3.63) is 102 Å². The zero-order chi connectivity index (χ0) is 27.4. The van der Waals surface area contributed by atoms with Crippen molar-refractivity contribution in [2.45, 2.75) is 6.61 Å². The molecule has 1 saturated heterocycles. The van der Waals surface area contributed by atoms with E-state index in [1.165, 1.54) is 30.3 Å². The molecule has 0 aromatic heterocycles. The van der Waals surface area contributed by atoms with E-state index in [4.69, 9.17) is 39.5 Å². The van der Waals surface area contributed by atoms with Gasteiger partial charge in [0.25, 0.3) is 16.8 Å². The van der Waals surface area contributed by atoms with E-state index < -0.39 is 28.5 Å². The highest BCUT2D eigenvalue weighted by atomic mass is 35.5. The Bertz CT molecular complexity index is 1460. The number of thioether (sulfide) groups is 1. The van der Waals surface area contributed by atoms with Gasteiger partial charge in [-0.15, -0.1) is 0 Å². The SMILES string of the molecule is O=C(CN1C(=O)S/C(=C/c2cc(Cl)c(OCc3ccc([N+](=O)[O-])cc3)c(Cl)c2)C1=O)Nc1ccccc1Cl. The fraction of sp³-hybridized carbons (Fsp3) is 0.0800. The summed E-state index contributed by atoms with van der Waals surface area (Å²) in [5, 5.41) is 13.4. The highest BCUT2D eigenvalue weighted by molar-refractivity contribution is 8.18. The zero-order valence-electron chi connectivity index (χ0n) is 19.2.